The van der Waals surface area contributed by atoms with Crippen molar-refractivity contribution in [3.63, 3.8) is 0 Å². The lowest BCUT2D eigenvalue weighted by molar-refractivity contribution is 0.607. The van der Waals surface area contributed by atoms with Crippen molar-refractivity contribution in [2.75, 3.05) is 13.1 Å². The third-order valence-electron chi connectivity index (χ3n) is 5.56. The fourth-order valence-corrected chi connectivity index (χ4v) is 3.72. The number of aliphatic imine (C=N–C) groups is 1. The Morgan fingerprint density at radius 2 is 1.97 bits per heavy atom. The molecule has 6 heteroatoms. The Labute approximate surface area is 177 Å². The molecule has 3 aromatic rings. The molecule has 2 N–H and O–H groups in total. The summed E-state index contributed by atoms with van der Waals surface area (Å²) in [6, 6.07) is 15.4. The summed E-state index contributed by atoms with van der Waals surface area (Å²) in [6.45, 7) is 5.00. The maximum Gasteiger partial charge on any atom is 0.191 e. The van der Waals surface area contributed by atoms with Gasteiger partial charge in [-0.1, -0.05) is 36.4 Å². The summed E-state index contributed by atoms with van der Waals surface area (Å²) in [4.78, 5) is 8.86. The highest BCUT2D eigenvalue weighted by molar-refractivity contribution is 5.80. The van der Waals surface area contributed by atoms with Crippen molar-refractivity contribution >= 4 is 5.96 Å². The van der Waals surface area contributed by atoms with Gasteiger partial charge in [-0.25, -0.2) is 14.4 Å². The molecule has 1 aromatic heterocycles. The van der Waals surface area contributed by atoms with E-state index >= 15 is 0 Å². The molecule has 0 amide bonds. The molecule has 156 valence electrons. The quantitative estimate of drug-likeness (QED) is 0.442. The van der Waals surface area contributed by atoms with Crippen LogP contribution in [0, 0.1) is 5.82 Å². The number of aromatic nitrogens is 2. The van der Waals surface area contributed by atoms with Gasteiger partial charge < -0.3 is 15.2 Å². The predicted octanol–water partition coefficient (Wildman–Crippen LogP) is 3.86. The first-order valence-corrected chi connectivity index (χ1v) is 10.5. The molecule has 0 atom stereocenters. The Bertz CT molecular complexity index is 992. The van der Waals surface area contributed by atoms with Gasteiger partial charge >= 0.3 is 0 Å². The average Bonchev–Trinajstić information content (AvgIpc) is 3.38. The van der Waals surface area contributed by atoms with Crippen molar-refractivity contribution in [2.45, 2.75) is 38.3 Å². The number of rotatable bonds is 8. The Balaban J connectivity index is 1.39. The summed E-state index contributed by atoms with van der Waals surface area (Å²) in [7, 11) is 0. The zero-order valence-electron chi connectivity index (χ0n) is 17.3. The summed E-state index contributed by atoms with van der Waals surface area (Å²) >= 11 is 0. The third-order valence-corrected chi connectivity index (χ3v) is 5.56. The first-order valence-electron chi connectivity index (χ1n) is 10.5. The molecule has 1 aliphatic carbocycles. The van der Waals surface area contributed by atoms with Crippen LogP contribution in [-0.4, -0.2) is 28.6 Å². The summed E-state index contributed by atoms with van der Waals surface area (Å²) in [5.41, 5.74) is 3.47. The highest BCUT2D eigenvalue weighted by Crippen LogP contribution is 2.47. The van der Waals surface area contributed by atoms with E-state index in [9.17, 15) is 4.39 Å². The summed E-state index contributed by atoms with van der Waals surface area (Å²) in [6.07, 6.45) is 7.71. The van der Waals surface area contributed by atoms with Crippen molar-refractivity contribution in [1.82, 2.24) is 20.2 Å². The van der Waals surface area contributed by atoms with E-state index in [0.717, 1.165) is 49.6 Å². The summed E-state index contributed by atoms with van der Waals surface area (Å²) in [5.74, 6) is 0.620. The largest absolute Gasteiger partial charge is 0.357 e. The molecule has 0 unspecified atom stereocenters. The number of nitrogens with one attached hydrogen (secondary N) is 2. The molecule has 1 aliphatic rings. The minimum absolute atomic E-state index is 0.0169. The van der Waals surface area contributed by atoms with Crippen LogP contribution in [0.2, 0.25) is 0 Å². The molecule has 0 radical (unpaired) electrons. The third kappa shape index (κ3) is 5.06. The van der Waals surface area contributed by atoms with Crippen molar-refractivity contribution in [3.05, 3.63) is 89.8 Å². The first kappa shape index (κ1) is 20.1. The number of imidazole rings is 1. The minimum Gasteiger partial charge on any atom is -0.357 e. The van der Waals surface area contributed by atoms with Crippen LogP contribution in [0.3, 0.4) is 0 Å². The molecule has 1 fully saturated rings. The van der Waals surface area contributed by atoms with Gasteiger partial charge in [0.05, 0.1) is 12.9 Å². The van der Waals surface area contributed by atoms with E-state index in [2.05, 4.69) is 51.4 Å². The fourth-order valence-electron chi connectivity index (χ4n) is 3.72. The Morgan fingerprint density at radius 1 is 1.13 bits per heavy atom. The SMILES string of the molecule is CCNC(=NCc1cccc(Cn2ccnc2)c1)NCC1(c2cccc(F)c2)CC1. The first-order chi connectivity index (χ1) is 14.7. The van der Waals surface area contributed by atoms with E-state index in [1.807, 2.05) is 18.6 Å². The zero-order valence-corrected chi connectivity index (χ0v) is 17.3. The monoisotopic (exact) mass is 405 g/mol. The van der Waals surface area contributed by atoms with E-state index in [-0.39, 0.29) is 11.2 Å². The number of halogens is 1. The van der Waals surface area contributed by atoms with Gasteiger partial charge in [-0.3, -0.25) is 0 Å². The van der Waals surface area contributed by atoms with Gasteiger partial charge in [0.1, 0.15) is 5.82 Å². The Morgan fingerprint density at radius 3 is 2.70 bits per heavy atom. The normalized spacial score (nSPS) is 15.1. The topological polar surface area (TPSA) is 54.2 Å². The van der Waals surface area contributed by atoms with Crippen LogP contribution < -0.4 is 10.6 Å². The van der Waals surface area contributed by atoms with Crippen molar-refractivity contribution in [3.8, 4) is 0 Å². The van der Waals surface area contributed by atoms with E-state index < -0.39 is 0 Å². The average molecular weight is 406 g/mol. The molecule has 4 rings (SSSR count). The number of hydrogen-bond acceptors (Lipinski definition) is 2. The van der Waals surface area contributed by atoms with Gasteiger partial charge in [0, 0.05) is 37.4 Å². The summed E-state index contributed by atoms with van der Waals surface area (Å²) in [5, 5.41) is 6.79. The van der Waals surface area contributed by atoms with Crippen LogP contribution in [0.4, 0.5) is 4.39 Å². The second kappa shape index (κ2) is 9.11. The highest BCUT2D eigenvalue weighted by Gasteiger charge is 2.44. The molecular formula is C24H28FN5. The van der Waals surface area contributed by atoms with E-state index in [1.54, 1.807) is 18.3 Å². The molecule has 1 saturated carbocycles. The number of nitrogens with zero attached hydrogens (tertiary/aromatic N) is 3. The fraction of sp³-hybridized carbons (Fsp3) is 0.333. The molecule has 0 saturated heterocycles. The van der Waals surface area contributed by atoms with Gasteiger partial charge in [-0.2, -0.15) is 0 Å². The van der Waals surface area contributed by atoms with Crippen molar-refractivity contribution in [2.24, 2.45) is 4.99 Å². The standard InChI is InChI=1S/C24H28FN5/c1-2-27-23(29-17-24(9-10-24)21-7-4-8-22(25)14-21)28-15-19-5-3-6-20(13-19)16-30-12-11-26-18-30/h3-8,11-14,18H,2,9-10,15-17H2,1H3,(H2,27,28,29). The molecule has 0 spiro atoms. The Hall–Kier alpha value is -3.15. The molecule has 0 aliphatic heterocycles. The van der Waals surface area contributed by atoms with E-state index in [4.69, 9.17) is 4.99 Å². The van der Waals surface area contributed by atoms with Crippen molar-refractivity contribution in [1.29, 1.82) is 0 Å². The van der Waals surface area contributed by atoms with Crippen LogP contribution in [0.5, 0.6) is 0 Å². The second-order valence-corrected chi connectivity index (χ2v) is 7.89. The smallest absolute Gasteiger partial charge is 0.191 e. The lowest BCUT2D eigenvalue weighted by Crippen LogP contribution is -2.41. The van der Waals surface area contributed by atoms with Crippen LogP contribution in [0.15, 0.2) is 72.2 Å². The molecular weight excluding hydrogens is 377 g/mol. The maximum atomic E-state index is 13.6. The van der Waals surface area contributed by atoms with Crippen LogP contribution in [0.25, 0.3) is 0 Å². The molecule has 2 aromatic carbocycles. The maximum absolute atomic E-state index is 13.6. The van der Waals surface area contributed by atoms with Crippen LogP contribution >= 0.6 is 0 Å². The second-order valence-electron chi connectivity index (χ2n) is 7.89. The molecule has 0 bridgehead atoms. The van der Waals surface area contributed by atoms with Crippen LogP contribution in [-0.2, 0) is 18.5 Å². The number of hydrogen-bond donors (Lipinski definition) is 2. The predicted molar refractivity (Wildman–Crippen MR) is 118 cm³/mol. The zero-order chi connectivity index (χ0) is 20.8. The summed E-state index contributed by atoms with van der Waals surface area (Å²) < 4.78 is 15.7. The van der Waals surface area contributed by atoms with Gasteiger partial charge in [-0.15, -0.1) is 0 Å². The lowest BCUT2D eigenvalue weighted by atomic mass is 9.96. The van der Waals surface area contributed by atoms with E-state index in [0.29, 0.717) is 6.54 Å². The van der Waals surface area contributed by atoms with E-state index in [1.165, 1.54) is 11.6 Å². The van der Waals surface area contributed by atoms with Gasteiger partial charge in [0.2, 0.25) is 0 Å². The minimum atomic E-state index is -0.171. The number of guanidine groups is 1. The molecule has 30 heavy (non-hydrogen) atoms. The molecule has 5 nitrogen and oxygen atoms in total. The lowest BCUT2D eigenvalue weighted by Gasteiger charge is -2.19. The Kier molecular flexibility index (Phi) is 6.12. The van der Waals surface area contributed by atoms with Gasteiger partial charge in [-0.05, 0) is 48.6 Å². The van der Waals surface area contributed by atoms with Crippen molar-refractivity contribution < 1.29 is 4.39 Å². The van der Waals surface area contributed by atoms with Gasteiger partial charge in [0.15, 0.2) is 5.96 Å². The highest BCUT2D eigenvalue weighted by atomic mass is 19.1. The molecule has 1 heterocycles. The van der Waals surface area contributed by atoms with Crippen LogP contribution in [0.1, 0.15) is 36.5 Å². The van der Waals surface area contributed by atoms with Gasteiger partial charge in [0.25, 0.3) is 0 Å². The number of benzene rings is 2.